The van der Waals surface area contributed by atoms with Gasteiger partial charge in [0.05, 0.1) is 17.9 Å². The van der Waals surface area contributed by atoms with Gasteiger partial charge in [-0.05, 0) is 111 Å². The van der Waals surface area contributed by atoms with Crippen LogP contribution in [0, 0.1) is 17.8 Å². The molecule has 4 bridgehead atoms. The van der Waals surface area contributed by atoms with Gasteiger partial charge in [0.15, 0.2) is 5.43 Å². The predicted molar refractivity (Wildman–Crippen MR) is 188 cm³/mol. The SMILES string of the molecule is COC(=O)c1c(Cc2ccc(C(=O)NC3[C@@H]4CC5C[C@H]3CC(NS(=O)(=O)C3CC3)(C5)C4)cc2)c(=O)c2ccc(Cl)cc2n1-c1ccccc1. The average Bonchev–Trinajstić information content (AvgIpc) is 3.94. The molecule has 254 valence electrons. The Balaban J connectivity index is 1.05. The second-order valence-electron chi connectivity index (χ2n) is 14.4. The molecule has 9 nitrogen and oxygen atoms in total. The van der Waals surface area contributed by atoms with Crippen LogP contribution >= 0.6 is 11.6 Å². The van der Waals surface area contributed by atoms with Gasteiger partial charge >= 0.3 is 5.97 Å². The molecule has 1 heterocycles. The van der Waals surface area contributed by atoms with Gasteiger partial charge in [-0.15, -0.1) is 0 Å². The lowest BCUT2D eigenvalue weighted by molar-refractivity contribution is -0.0348. The van der Waals surface area contributed by atoms with E-state index in [2.05, 4.69) is 10.0 Å². The molecule has 3 aromatic carbocycles. The number of ether oxygens (including phenoxy) is 1. The summed E-state index contributed by atoms with van der Waals surface area (Å²) in [6, 6.07) is 21.4. The number of esters is 1. The first-order valence-electron chi connectivity index (χ1n) is 17.0. The van der Waals surface area contributed by atoms with E-state index in [-0.39, 0.29) is 57.7 Å². The number of sulfonamides is 1. The summed E-state index contributed by atoms with van der Waals surface area (Å²) in [5.74, 6) is 0.151. The van der Waals surface area contributed by atoms with Crippen molar-refractivity contribution in [2.45, 2.75) is 68.2 Å². The van der Waals surface area contributed by atoms with Crippen LogP contribution in [0.25, 0.3) is 16.6 Å². The predicted octanol–water partition coefficient (Wildman–Crippen LogP) is 5.78. The molecule has 49 heavy (non-hydrogen) atoms. The number of aromatic nitrogens is 1. The van der Waals surface area contributed by atoms with Gasteiger partial charge in [0.1, 0.15) is 5.69 Å². The van der Waals surface area contributed by atoms with Crippen LogP contribution in [0.3, 0.4) is 0 Å². The normalized spacial score (nSPS) is 25.8. The fourth-order valence-corrected chi connectivity index (χ4v) is 11.0. The molecule has 3 unspecified atom stereocenters. The first kappa shape index (κ1) is 32.2. The molecular formula is C38H38ClN3O6S. The van der Waals surface area contributed by atoms with Gasteiger partial charge in [0.2, 0.25) is 10.0 Å². The van der Waals surface area contributed by atoms with Crippen molar-refractivity contribution in [1.29, 1.82) is 0 Å². The summed E-state index contributed by atoms with van der Waals surface area (Å²) in [7, 11) is -2.00. The number of halogens is 1. The Morgan fingerprint density at radius 1 is 0.959 bits per heavy atom. The average molecular weight is 700 g/mol. The fourth-order valence-electron chi connectivity index (χ4n) is 9.09. The number of hydrogen-bond donors (Lipinski definition) is 2. The van der Waals surface area contributed by atoms with Crippen molar-refractivity contribution >= 4 is 44.4 Å². The van der Waals surface area contributed by atoms with E-state index in [1.807, 2.05) is 42.5 Å². The van der Waals surface area contributed by atoms with E-state index < -0.39 is 16.0 Å². The maximum absolute atomic E-state index is 14.0. The van der Waals surface area contributed by atoms with Crippen molar-refractivity contribution < 1.29 is 22.7 Å². The number of pyridine rings is 1. The highest BCUT2D eigenvalue weighted by molar-refractivity contribution is 7.90. The number of methoxy groups -OCH3 is 1. The maximum atomic E-state index is 14.0. The molecule has 0 saturated heterocycles. The Morgan fingerprint density at radius 2 is 1.65 bits per heavy atom. The van der Waals surface area contributed by atoms with Crippen LogP contribution in [0.1, 0.15) is 76.9 Å². The third-order valence-electron chi connectivity index (χ3n) is 11.1. The highest BCUT2D eigenvalue weighted by atomic mass is 35.5. The standard InChI is InChI=1S/C38H38ClN3O6S/c1-48-37(45)34-31(35(43)30-14-11-27(39)18-32(30)42(34)28-5-3-2-4-6-28)17-22-7-9-24(10-8-22)36(44)40-33-25-15-23-16-26(33)21-38(19-23,20-25)41-49(46,47)29-12-13-29/h2-11,14,18,23,25-26,29,33,41H,12-13,15-17,19-21H2,1H3,(H,40,44)/t23?,25-,26+,33?,38?. The van der Waals surface area contributed by atoms with Crippen molar-refractivity contribution in [1.82, 2.24) is 14.6 Å². The monoisotopic (exact) mass is 699 g/mol. The third-order valence-corrected chi connectivity index (χ3v) is 13.4. The van der Waals surface area contributed by atoms with Gasteiger partial charge in [0.25, 0.3) is 5.91 Å². The van der Waals surface area contributed by atoms with E-state index in [1.165, 1.54) is 7.11 Å². The molecule has 9 rings (SSSR count). The van der Waals surface area contributed by atoms with Crippen LogP contribution in [0.4, 0.5) is 0 Å². The second kappa shape index (κ2) is 12.1. The molecule has 5 fully saturated rings. The first-order chi connectivity index (χ1) is 23.5. The van der Waals surface area contributed by atoms with Crippen LogP contribution in [0.2, 0.25) is 5.02 Å². The molecule has 0 spiro atoms. The van der Waals surface area contributed by atoms with Crippen LogP contribution in [-0.4, -0.2) is 48.8 Å². The minimum Gasteiger partial charge on any atom is -0.464 e. The zero-order valence-corrected chi connectivity index (χ0v) is 28.7. The van der Waals surface area contributed by atoms with E-state index in [0.717, 1.165) is 50.5 Å². The van der Waals surface area contributed by atoms with Gasteiger partial charge in [-0.2, -0.15) is 0 Å². The van der Waals surface area contributed by atoms with Crippen LogP contribution < -0.4 is 15.5 Å². The summed E-state index contributed by atoms with van der Waals surface area (Å²) >= 11 is 6.36. The number of rotatable bonds is 9. The quantitative estimate of drug-likeness (QED) is 0.214. The Labute approximate surface area is 290 Å². The van der Waals surface area contributed by atoms with Crippen LogP contribution in [-0.2, 0) is 21.2 Å². The molecule has 1 aromatic heterocycles. The maximum Gasteiger partial charge on any atom is 0.355 e. The molecule has 5 atom stereocenters. The largest absolute Gasteiger partial charge is 0.464 e. The number of amides is 1. The Hall–Kier alpha value is -3.99. The smallest absolute Gasteiger partial charge is 0.355 e. The minimum absolute atomic E-state index is 0.00690. The number of carbonyl (C=O) groups excluding carboxylic acids is 2. The summed E-state index contributed by atoms with van der Waals surface area (Å²) in [5, 5.41) is 3.92. The molecule has 5 aliphatic carbocycles. The van der Waals surface area contributed by atoms with E-state index >= 15 is 0 Å². The number of para-hydroxylation sites is 1. The van der Waals surface area contributed by atoms with Crippen LogP contribution in [0.15, 0.2) is 77.6 Å². The summed E-state index contributed by atoms with van der Waals surface area (Å²) in [6.45, 7) is 0. The fraction of sp³-hybridized carbons (Fsp3) is 0.395. The number of fused-ring (bicyclic) bond motifs is 1. The molecule has 4 aromatic rings. The molecule has 11 heteroatoms. The molecule has 0 aliphatic heterocycles. The zero-order chi connectivity index (χ0) is 34.1. The minimum atomic E-state index is -3.29. The van der Waals surface area contributed by atoms with Crippen molar-refractivity contribution in [3.05, 3.63) is 110 Å². The van der Waals surface area contributed by atoms with Crippen molar-refractivity contribution in [3.63, 3.8) is 0 Å². The van der Waals surface area contributed by atoms with Crippen LogP contribution in [0.5, 0.6) is 0 Å². The summed E-state index contributed by atoms with van der Waals surface area (Å²) < 4.78 is 35.8. The number of benzene rings is 3. The lowest BCUT2D eigenvalue weighted by Gasteiger charge is -2.60. The van der Waals surface area contributed by atoms with E-state index in [0.29, 0.717) is 33.1 Å². The first-order valence-corrected chi connectivity index (χ1v) is 18.9. The summed E-state index contributed by atoms with van der Waals surface area (Å²) in [4.78, 5) is 40.9. The van der Waals surface area contributed by atoms with Gasteiger partial charge in [-0.1, -0.05) is 41.9 Å². The zero-order valence-electron chi connectivity index (χ0n) is 27.2. The number of carbonyl (C=O) groups is 2. The molecule has 5 saturated carbocycles. The Kier molecular flexibility index (Phi) is 7.96. The second-order valence-corrected chi connectivity index (χ2v) is 16.8. The third kappa shape index (κ3) is 5.87. The van der Waals surface area contributed by atoms with Gasteiger partial charge in [-0.25, -0.2) is 17.9 Å². The Morgan fingerprint density at radius 3 is 2.31 bits per heavy atom. The van der Waals surface area contributed by atoms with E-state index in [4.69, 9.17) is 16.3 Å². The molecule has 5 aliphatic rings. The topological polar surface area (TPSA) is 124 Å². The molecule has 0 radical (unpaired) electrons. The lowest BCUT2D eigenvalue weighted by atomic mass is 9.51. The summed E-state index contributed by atoms with van der Waals surface area (Å²) in [6.07, 6.45) is 6.07. The lowest BCUT2D eigenvalue weighted by Crippen LogP contribution is -2.66. The van der Waals surface area contributed by atoms with Gasteiger partial charge < -0.3 is 14.6 Å². The van der Waals surface area contributed by atoms with Gasteiger partial charge in [-0.3, -0.25) is 9.59 Å². The number of nitrogens with one attached hydrogen (secondary N) is 2. The van der Waals surface area contributed by atoms with Gasteiger partial charge in [0, 0.05) is 45.2 Å². The Bertz CT molecular complexity index is 2130. The van der Waals surface area contributed by atoms with Crippen molar-refractivity contribution in [2.75, 3.05) is 7.11 Å². The summed E-state index contributed by atoms with van der Waals surface area (Å²) in [5.41, 5.74) is 2.17. The van der Waals surface area contributed by atoms with Crippen molar-refractivity contribution in [3.8, 4) is 5.69 Å². The van der Waals surface area contributed by atoms with Crippen molar-refractivity contribution in [2.24, 2.45) is 17.8 Å². The van der Waals surface area contributed by atoms with E-state index in [1.54, 1.807) is 34.9 Å². The molecule has 2 N–H and O–H groups in total. The number of nitrogens with zero attached hydrogens (tertiary/aromatic N) is 1. The highest BCUT2D eigenvalue weighted by Crippen LogP contribution is 2.56. The van der Waals surface area contributed by atoms with E-state index in [9.17, 15) is 22.8 Å². The molecular weight excluding hydrogens is 662 g/mol. The number of hydrogen-bond acceptors (Lipinski definition) is 6. The highest BCUT2D eigenvalue weighted by Gasteiger charge is 2.57. The molecule has 1 amide bonds.